The smallest absolute Gasteiger partial charge is 0.242 e. The molecule has 30 heavy (non-hydrogen) atoms. The number of nitrogens with zero attached hydrogens (tertiary/aromatic N) is 1. The third-order valence-corrected chi connectivity index (χ3v) is 5.80. The molecule has 0 saturated carbocycles. The molecule has 162 valence electrons. The van der Waals surface area contributed by atoms with Gasteiger partial charge < -0.3 is 10.2 Å². The first-order chi connectivity index (χ1) is 14.1. The highest BCUT2D eigenvalue weighted by Gasteiger charge is 2.27. The van der Waals surface area contributed by atoms with E-state index in [1.807, 2.05) is 45.9 Å². The van der Waals surface area contributed by atoms with Gasteiger partial charge in [-0.05, 0) is 49.9 Å². The Morgan fingerprint density at radius 3 is 2.27 bits per heavy atom. The molecular weight excluding hydrogens is 419 g/mol. The summed E-state index contributed by atoms with van der Waals surface area (Å²) >= 11 is 12.7. The first-order valence-corrected chi connectivity index (χ1v) is 10.9. The number of benzene rings is 2. The largest absolute Gasteiger partial charge is 0.354 e. The zero-order valence-electron chi connectivity index (χ0n) is 18.3. The standard InChI is InChI=1S/C24H30Cl2N2O2/c1-15(2)13-27-24(30)18(5)28(14-20-21(25)7-6-8-22(20)26)23(29)12-19-11-16(3)9-10-17(19)4/h6-11,15,18H,12-14H2,1-5H3,(H,27,30)/t18-/m0/s1. The molecule has 0 bridgehead atoms. The molecule has 1 atom stereocenters. The maximum absolute atomic E-state index is 13.3. The van der Waals surface area contributed by atoms with Crippen LogP contribution >= 0.6 is 23.2 Å². The first kappa shape index (κ1) is 24.2. The average molecular weight is 449 g/mol. The number of amides is 2. The molecule has 6 heteroatoms. The molecule has 2 rings (SSSR count). The van der Waals surface area contributed by atoms with Gasteiger partial charge in [-0.25, -0.2) is 0 Å². The minimum Gasteiger partial charge on any atom is -0.354 e. The number of hydrogen-bond acceptors (Lipinski definition) is 2. The normalized spacial score (nSPS) is 12.0. The van der Waals surface area contributed by atoms with Crippen LogP contribution in [0.2, 0.25) is 10.0 Å². The van der Waals surface area contributed by atoms with Crippen molar-refractivity contribution in [1.82, 2.24) is 10.2 Å². The zero-order valence-corrected chi connectivity index (χ0v) is 19.8. The van der Waals surface area contributed by atoms with Crippen LogP contribution in [0.15, 0.2) is 36.4 Å². The lowest BCUT2D eigenvalue weighted by Gasteiger charge is -2.30. The minimum atomic E-state index is -0.659. The van der Waals surface area contributed by atoms with Crippen LogP contribution in [0, 0.1) is 19.8 Å². The van der Waals surface area contributed by atoms with E-state index in [4.69, 9.17) is 23.2 Å². The molecule has 0 aromatic heterocycles. The summed E-state index contributed by atoms with van der Waals surface area (Å²) < 4.78 is 0. The lowest BCUT2D eigenvalue weighted by molar-refractivity contribution is -0.140. The number of halogens is 2. The Kier molecular flexibility index (Phi) is 8.75. The summed E-state index contributed by atoms with van der Waals surface area (Å²) in [5, 5.41) is 3.87. The van der Waals surface area contributed by atoms with Gasteiger partial charge >= 0.3 is 0 Å². The van der Waals surface area contributed by atoms with Crippen molar-refractivity contribution >= 4 is 35.0 Å². The molecular formula is C24H30Cl2N2O2. The Bertz CT molecular complexity index is 892. The van der Waals surface area contributed by atoms with Crippen molar-refractivity contribution in [3.63, 3.8) is 0 Å². The summed E-state index contributed by atoms with van der Waals surface area (Å²) in [6.07, 6.45) is 0.206. The number of rotatable bonds is 8. The lowest BCUT2D eigenvalue weighted by Crippen LogP contribution is -2.48. The van der Waals surface area contributed by atoms with Gasteiger partial charge in [0.1, 0.15) is 6.04 Å². The molecule has 0 radical (unpaired) electrons. The fourth-order valence-electron chi connectivity index (χ4n) is 3.14. The summed E-state index contributed by atoms with van der Waals surface area (Å²) in [5.41, 5.74) is 3.72. The van der Waals surface area contributed by atoms with E-state index in [-0.39, 0.29) is 24.8 Å². The van der Waals surface area contributed by atoms with Crippen molar-refractivity contribution < 1.29 is 9.59 Å². The maximum Gasteiger partial charge on any atom is 0.242 e. The van der Waals surface area contributed by atoms with E-state index >= 15 is 0 Å². The Morgan fingerprint density at radius 2 is 1.67 bits per heavy atom. The van der Waals surface area contributed by atoms with E-state index in [2.05, 4.69) is 5.32 Å². The van der Waals surface area contributed by atoms with Crippen LogP contribution in [-0.4, -0.2) is 29.3 Å². The molecule has 0 aliphatic rings. The van der Waals surface area contributed by atoms with Crippen LogP contribution in [0.3, 0.4) is 0 Å². The van der Waals surface area contributed by atoms with E-state index in [0.29, 0.717) is 28.1 Å². The fourth-order valence-corrected chi connectivity index (χ4v) is 3.66. The second kappa shape index (κ2) is 10.8. The zero-order chi connectivity index (χ0) is 22.4. The second-order valence-corrected chi connectivity index (χ2v) is 8.96. The van der Waals surface area contributed by atoms with Gasteiger partial charge in [-0.1, -0.05) is 66.9 Å². The van der Waals surface area contributed by atoms with E-state index in [1.165, 1.54) is 0 Å². The van der Waals surface area contributed by atoms with Crippen LogP contribution < -0.4 is 5.32 Å². The number of hydrogen-bond donors (Lipinski definition) is 1. The third kappa shape index (κ3) is 6.48. The van der Waals surface area contributed by atoms with Crippen LogP contribution in [0.5, 0.6) is 0 Å². The molecule has 4 nitrogen and oxygen atoms in total. The SMILES string of the molecule is Cc1ccc(C)c(CC(=O)N(Cc2c(Cl)cccc2Cl)[C@@H](C)C(=O)NCC(C)C)c1. The molecule has 2 aromatic carbocycles. The highest BCUT2D eigenvalue weighted by molar-refractivity contribution is 6.36. The van der Waals surface area contributed by atoms with Crippen molar-refractivity contribution in [2.75, 3.05) is 6.54 Å². The van der Waals surface area contributed by atoms with Gasteiger partial charge in [0.05, 0.1) is 6.42 Å². The van der Waals surface area contributed by atoms with Gasteiger partial charge in [-0.2, -0.15) is 0 Å². The molecule has 0 heterocycles. The van der Waals surface area contributed by atoms with Crippen molar-refractivity contribution in [2.45, 2.75) is 53.6 Å². The lowest BCUT2D eigenvalue weighted by atomic mass is 10.0. The Balaban J connectivity index is 2.33. The quantitative estimate of drug-likeness (QED) is 0.591. The van der Waals surface area contributed by atoms with E-state index in [9.17, 15) is 9.59 Å². The van der Waals surface area contributed by atoms with Gasteiger partial charge in [0, 0.05) is 28.7 Å². The summed E-state index contributed by atoms with van der Waals surface area (Å²) in [4.78, 5) is 27.7. The molecule has 0 aliphatic heterocycles. The van der Waals surface area contributed by atoms with Gasteiger partial charge in [0.2, 0.25) is 11.8 Å². The van der Waals surface area contributed by atoms with Crippen molar-refractivity contribution in [2.24, 2.45) is 5.92 Å². The van der Waals surface area contributed by atoms with Gasteiger partial charge in [0.15, 0.2) is 0 Å². The number of carbonyl (C=O) groups excluding carboxylic acids is 2. The second-order valence-electron chi connectivity index (χ2n) is 8.14. The molecule has 1 N–H and O–H groups in total. The topological polar surface area (TPSA) is 49.4 Å². The Labute approximate surface area is 189 Å². The summed E-state index contributed by atoms with van der Waals surface area (Å²) in [6, 6.07) is 10.6. The predicted octanol–water partition coefficient (Wildman–Crippen LogP) is 5.34. The monoisotopic (exact) mass is 448 g/mol. The third-order valence-electron chi connectivity index (χ3n) is 5.09. The van der Waals surface area contributed by atoms with Gasteiger partial charge in [0.25, 0.3) is 0 Å². The minimum absolute atomic E-state index is 0.146. The molecule has 0 fully saturated rings. The predicted molar refractivity (Wildman–Crippen MR) is 124 cm³/mol. The molecule has 2 amide bonds. The van der Waals surface area contributed by atoms with E-state index in [0.717, 1.165) is 16.7 Å². The highest BCUT2D eigenvalue weighted by atomic mass is 35.5. The van der Waals surface area contributed by atoms with Crippen LogP contribution in [0.1, 0.15) is 43.0 Å². The number of aryl methyl sites for hydroxylation is 2. The fraction of sp³-hybridized carbons (Fsp3) is 0.417. The highest BCUT2D eigenvalue weighted by Crippen LogP contribution is 2.27. The van der Waals surface area contributed by atoms with E-state index < -0.39 is 6.04 Å². The first-order valence-electron chi connectivity index (χ1n) is 10.2. The molecule has 2 aromatic rings. The van der Waals surface area contributed by atoms with Gasteiger partial charge in [-0.3, -0.25) is 9.59 Å². The molecule has 0 unspecified atom stereocenters. The summed E-state index contributed by atoms with van der Waals surface area (Å²) in [6.45, 7) is 10.5. The Morgan fingerprint density at radius 1 is 1.03 bits per heavy atom. The summed E-state index contributed by atoms with van der Waals surface area (Å²) in [5.74, 6) is -0.0219. The van der Waals surface area contributed by atoms with E-state index in [1.54, 1.807) is 30.0 Å². The van der Waals surface area contributed by atoms with Crippen LogP contribution in [0.25, 0.3) is 0 Å². The molecule has 0 aliphatic carbocycles. The van der Waals surface area contributed by atoms with Gasteiger partial charge in [-0.15, -0.1) is 0 Å². The van der Waals surface area contributed by atoms with Crippen LogP contribution in [-0.2, 0) is 22.6 Å². The van der Waals surface area contributed by atoms with Crippen molar-refractivity contribution in [1.29, 1.82) is 0 Å². The molecule has 0 spiro atoms. The number of carbonyl (C=O) groups is 2. The van der Waals surface area contributed by atoms with Crippen LogP contribution in [0.4, 0.5) is 0 Å². The average Bonchev–Trinajstić information content (AvgIpc) is 2.68. The molecule has 0 saturated heterocycles. The Hall–Kier alpha value is -2.04. The van der Waals surface area contributed by atoms with Crippen molar-refractivity contribution in [3.8, 4) is 0 Å². The maximum atomic E-state index is 13.3. The van der Waals surface area contributed by atoms with Crippen molar-refractivity contribution in [3.05, 3.63) is 68.7 Å². The summed E-state index contributed by atoms with van der Waals surface area (Å²) in [7, 11) is 0. The number of nitrogens with one attached hydrogen (secondary N) is 1.